The van der Waals surface area contributed by atoms with Crippen molar-refractivity contribution in [3.63, 3.8) is 0 Å². The minimum Gasteiger partial charge on any atom is -0.494 e. The molecule has 0 fully saturated rings. The van der Waals surface area contributed by atoms with Gasteiger partial charge in [0.25, 0.3) is 0 Å². The predicted molar refractivity (Wildman–Crippen MR) is 82.1 cm³/mol. The Labute approximate surface area is 121 Å². The lowest BCUT2D eigenvalue weighted by molar-refractivity contribution is 0.220. The molecule has 2 rings (SSSR count). The summed E-state index contributed by atoms with van der Waals surface area (Å²) in [5.74, 6) is 0.860. The van der Waals surface area contributed by atoms with Crippen LogP contribution in [0.25, 0.3) is 0 Å². The SMILES string of the molecule is CCCCOc1ccc(C(O)c2ccc(C)cc2)cc1. The minimum absolute atomic E-state index is 0.583. The molecule has 0 heterocycles. The van der Waals surface area contributed by atoms with E-state index in [4.69, 9.17) is 4.74 Å². The van der Waals surface area contributed by atoms with Crippen LogP contribution in [0, 0.1) is 6.92 Å². The molecule has 106 valence electrons. The van der Waals surface area contributed by atoms with E-state index in [9.17, 15) is 5.11 Å². The number of aryl methyl sites for hydroxylation is 1. The normalized spacial score (nSPS) is 12.2. The summed E-state index contributed by atoms with van der Waals surface area (Å²) in [6.45, 7) is 4.93. The van der Waals surface area contributed by atoms with Crippen LogP contribution in [-0.4, -0.2) is 11.7 Å². The standard InChI is InChI=1S/C18H22O2/c1-3-4-13-20-17-11-9-16(10-12-17)18(19)15-7-5-14(2)6-8-15/h5-12,18-19H,3-4,13H2,1-2H3. The first-order valence-corrected chi connectivity index (χ1v) is 7.18. The summed E-state index contributed by atoms with van der Waals surface area (Å²) in [7, 11) is 0. The molecule has 0 aliphatic rings. The van der Waals surface area contributed by atoms with Crippen molar-refractivity contribution in [2.45, 2.75) is 32.8 Å². The van der Waals surface area contributed by atoms with E-state index >= 15 is 0 Å². The number of unbranched alkanes of at least 4 members (excludes halogenated alkanes) is 1. The van der Waals surface area contributed by atoms with Gasteiger partial charge in [-0.15, -0.1) is 0 Å². The molecule has 1 N–H and O–H groups in total. The van der Waals surface area contributed by atoms with Crippen LogP contribution in [0.15, 0.2) is 48.5 Å². The maximum atomic E-state index is 10.3. The molecular weight excluding hydrogens is 248 g/mol. The highest BCUT2D eigenvalue weighted by Crippen LogP contribution is 2.24. The van der Waals surface area contributed by atoms with Crippen LogP contribution in [0.3, 0.4) is 0 Å². The Bertz CT molecular complexity index is 514. The Morgan fingerprint density at radius 3 is 2.05 bits per heavy atom. The van der Waals surface area contributed by atoms with Gasteiger partial charge in [0.05, 0.1) is 6.61 Å². The van der Waals surface area contributed by atoms with Crippen molar-refractivity contribution in [2.24, 2.45) is 0 Å². The van der Waals surface area contributed by atoms with Crippen molar-refractivity contribution in [3.05, 3.63) is 65.2 Å². The van der Waals surface area contributed by atoms with Gasteiger partial charge < -0.3 is 9.84 Å². The number of hydrogen-bond donors (Lipinski definition) is 1. The van der Waals surface area contributed by atoms with Crippen LogP contribution < -0.4 is 4.74 Å². The minimum atomic E-state index is -0.583. The fourth-order valence-corrected chi connectivity index (χ4v) is 2.02. The van der Waals surface area contributed by atoms with E-state index in [1.165, 1.54) is 5.56 Å². The van der Waals surface area contributed by atoms with Crippen LogP contribution >= 0.6 is 0 Å². The van der Waals surface area contributed by atoms with Crippen molar-refractivity contribution >= 4 is 0 Å². The molecule has 0 radical (unpaired) electrons. The number of aliphatic hydroxyl groups excluding tert-OH is 1. The van der Waals surface area contributed by atoms with Gasteiger partial charge >= 0.3 is 0 Å². The van der Waals surface area contributed by atoms with Gasteiger partial charge in [-0.1, -0.05) is 55.3 Å². The van der Waals surface area contributed by atoms with Crippen LogP contribution in [0.5, 0.6) is 5.75 Å². The zero-order valence-corrected chi connectivity index (χ0v) is 12.2. The predicted octanol–water partition coefficient (Wildman–Crippen LogP) is 4.26. The summed E-state index contributed by atoms with van der Waals surface area (Å²) in [5, 5.41) is 10.3. The lowest BCUT2D eigenvalue weighted by Gasteiger charge is -2.13. The van der Waals surface area contributed by atoms with E-state index in [-0.39, 0.29) is 0 Å². The molecule has 0 aliphatic carbocycles. The fraction of sp³-hybridized carbons (Fsp3) is 0.333. The Morgan fingerprint density at radius 2 is 1.50 bits per heavy atom. The van der Waals surface area contributed by atoms with E-state index < -0.39 is 6.10 Å². The molecule has 0 aliphatic heterocycles. The van der Waals surface area contributed by atoms with E-state index in [0.29, 0.717) is 0 Å². The molecule has 2 heteroatoms. The summed E-state index contributed by atoms with van der Waals surface area (Å²) in [6.07, 6.45) is 1.61. The van der Waals surface area contributed by atoms with Crippen LogP contribution in [0.4, 0.5) is 0 Å². The van der Waals surface area contributed by atoms with Crippen molar-refractivity contribution < 1.29 is 9.84 Å². The van der Waals surface area contributed by atoms with Gasteiger partial charge in [0, 0.05) is 0 Å². The summed E-state index contributed by atoms with van der Waals surface area (Å²) in [5.41, 5.74) is 2.99. The second kappa shape index (κ2) is 7.11. The zero-order valence-electron chi connectivity index (χ0n) is 12.2. The first-order chi connectivity index (χ1) is 9.70. The van der Waals surface area contributed by atoms with E-state index in [0.717, 1.165) is 36.3 Å². The Kier molecular flexibility index (Phi) is 5.19. The van der Waals surface area contributed by atoms with E-state index in [2.05, 4.69) is 6.92 Å². The van der Waals surface area contributed by atoms with Gasteiger partial charge in [0.15, 0.2) is 0 Å². The number of ether oxygens (including phenoxy) is 1. The van der Waals surface area contributed by atoms with Gasteiger partial charge in [0.1, 0.15) is 11.9 Å². The summed E-state index contributed by atoms with van der Waals surface area (Å²) >= 11 is 0. The van der Waals surface area contributed by atoms with E-state index in [1.807, 2.05) is 55.5 Å². The first-order valence-electron chi connectivity index (χ1n) is 7.18. The second-order valence-electron chi connectivity index (χ2n) is 5.08. The zero-order chi connectivity index (χ0) is 14.4. The molecule has 0 amide bonds. The molecule has 0 spiro atoms. The molecule has 1 unspecified atom stereocenters. The fourth-order valence-electron chi connectivity index (χ4n) is 2.02. The topological polar surface area (TPSA) is 29.5 Å². The average molecular weight is 270 g/mol. The third-order valence-corrected chi connectivity index (χ3v) is 3.36. The molecule has 0 aromatic heterocycles. The van der Waals surface area contributed by atoms with Gasteiger partial charge in [0.2, 0.25) is 0 Å². The molecular formula is C18H22O2. The molecule has 2 nitrogen and oxygen atoms in total. The van der Waals surface area contributed by atoms with Crippen LogP contribution in [0.1, 0.15) is 42.6 Å². The third kappa shape index (κ3) is 3.84. The van der Waals surface area contributed by atoms with Gasteiger partial charge in [-0.2, -0.15) is 0 Å². The van der Waals surface area contributed by atoms with E-state index in [1.54, 1.807) is 0 Å². The maximum Gasteiger partial charge on any atom is 0.119 e. The van der Waals surface area contributed by atoms with Crippen LogP contribution in [-0.2, 0) is 0 Å². The third-order valence-electron chi connectivity index (χ3n) is 3.36. The summed E-state index contributed by atoms with van der Waals surface area (Å²) in [4.78, 5) is 0. The Hall–Kier alpha value is -1.80. The van der Waals surface area contributed by atoms with Crippen molar-refractivity contribution in [2.75, 3.05) is 6.61 Å². The highest BCUT2D eigenvalue weighted by atomic mass is 16.5. The maximum absolute atomic E-state index is 10.3. The first kappa shape index (κ1) is 14.6. The average Bonchev–Trinajstić information content (AvgIpc) is 2.48. The molecule has 0 saturated carbocycles. The number of hydrogen-bond acceptors (Lipinski definition) is 2. The van der Waals surface area contributed by atoms with Gasteiger partial charge in [-0.3, -0.25) is 0 Å². The van der Waals surface area contributed by atoms with Gasteiger partial charge in [-0.05, 0) is 36.6 Å². The number of aliphatic hydroxyl groups is 1. The molecule has 2 aromatic rings. The summed E-state index contributed by atoms with van der Waals surface area (Å²) < 4.78 is 5.62. The van der Waals surface area contributed by atoms with Crippen molar-refractivity contribution in [3.8, 4) is 5.75 Å². The second-order valence-corrected chi connectivity index (χ2v) is 5.08. The van der Waals surface area contributed by atoms with Gasteiger partial charge in [-0.25, -0.2) is 0 Å². The molecule has 2 aromatic carbocycles. The molecule has 0 saturated heterocycles. The van der Waals surface area contributed by atoms with Crippen molar-refractivity contribution in [1.29, 1.82) is 0 Å². The lowest BCUT2D eigenvalue weighted by atomic mass is 10.0. The monoisotopic (exact) mass is 270 g/mol. The summed E-state index contributed by atoms with van der Waals surface area (Å²) in [6, 6.07) is 15.6. The smallest absolute Gasteiger partial charge is 0.119 e. The molecule has 0 bridgehead atoms. The number of benzene rings is 2. The molecule has 1 atom stereocenters. The largest absolute Gasteiger partial charge is 0.494 e. The quantitative estimate of drug-likeness (QED) is 0.795. The Morgan fingerprint density at radius 1 is 0.950 bits per heavy atom. The lowest BCUT2D eigenvalue weighted by Crippen LogP contribution is -2.00. The van der Waals surface area contributed by atoms with Crippen molar-refractivity contribution in [1.82, 2.24) is 0 Å². The highest BCUT2D eigenvalue weighted by Gasteiger charge is 2.10. The van der Waals surface area contributed by atoms with Crippen LogP contribution in [0.2, 0.25) is 0 Å². The number of rotatable bonds is 6. The Balaban J connectivity index is 2.03. The highest BCUT2D eigenvalue weighted by molar-refractivity contribution is 5.34. The molecule has 20 heavy (non-hydrogen) atoms.